The molecular formula is C16H14BrClFNO. The molecular weight excluding hydrogens is 357 g/mol. The van der Waals surface area contributed by atoms with Gasteiger partial charge in [-0.25, -0.2) is 4.39 Å². The average Bonchev–Trinajstić information content (AvgIpc) is 2.49. The van der Waals surface area contributed by atoms with E-state index in [2.05, 4.69) is 15.9 Å². The summed E-state index contributed by atoms with van der Waals surface area (Å²) in [4.78, 5) is 14.1. The van der Waals surface area contributed by atoms with Gasteiger partial charge in [0.15, 0.2) is 0 Å². The summed E-state index contributed by atoms with van der Waals surface area (Å²) in [5.41, 5.74) is 0.994. The Morgan fingerprint density at radius 2 is 1.90 bits per heavy atom. The van der Waals surface area contributed by atoms with Gasteiger partial charge in [0.05, 0.1) is 5.56 Å². The number of carbonyl (C=O) groups excluding carboxylic acids is 1. The van der Waals surface area contributed by atoms with Crippen molar-refractivity contribution in [3.8, 4) is 0 Å². The Kier molecular flexibility index (Phi) is 5.76. The lowest BCUT2D eigenvalue weighted by atomic mass is 10.1. The van der Waals surface area contributed by atoms with Crippen LogP contribution in [0.2, 0.25) is 5.02 Å². The van der Waals surface area contributed by atoms with Crippen molar-refractivity contribution >= 4 is 33.4 Å². The van der Waals surface area contributed by atoms with Gasteiger partial charge in [-0.3, -0.25) is 4.79 Å². The van der Waals surface area contributed by atoms with Crippen LogP contribution in [0.1, 0.15) is 15.9 Å². The third-order valence-electron chi connectivity index (χ3n) is 3.02. The van der Waals surface area contributed by atoms with Crippen molar-refractivity contribution in [1.82, 2.24) is 4.90 Å². The second kappa shape index (κ2) is 7.57. The van der Waals surface area contributed by atoms with E-state index < -0.39 is 5.82 Å². The molecule has 1 amide bonds. The highest BCUT2D eigenvalue weighted by atomic mass is 79.9. The summed E-state index contributed by atoms with van der Waals surface area (Å²) in [5, 5.41) is 0.964. The molecule has 0 aromatic heterocycles. The smallest absolute Gasteiger partial charge is 0.257 e. The van der Waals surface area contributed by atoms with Gasteiger partial charge < -0.3 is 4.90 Å². The van der Waals surface area contributed by atoms with Gasteiger partial charge >= 0.3 is 0 Å². The second-order valence-electron chi connectivity index (χ2n) is 4.53. The molecule has 0 heterocycles. The fourth-order valence-electron chi connectivity index (χ4n) is 1.99. The van der Waals surface area contributed by atoms with Gasteiger partial charge in [-0.15, -0.1) is 0 Å². The Labute approximate surface area is 136 Å². The van der Waals surface area contributed by atoms with E-state index in [9.17, 15) is 9.18 Å². The van der Waals surface area contributed by atoms with E-state index in [1.165, 1.54) is 18.2 Å². The van der Waals surface area contributed by atoms with Gasteiger partial charge in [0.2, 0.25) is 0 Å². The first kappa shape index (κ1) is 16.0. The number of hydrogen-bond acceptors (Lipinski definition) is 1. The van der Waals surface area contributed by atoms with Crippen LogP contribution in [0.15, 0.2) is 48.5 Å². The summed E-state index contributed by atoms with van der Waals surface area (Å²) in [7, 11) is 0. The molecule has 0 saturated heterocycles. The first-order valence-corrected chi connectivity index (χ1v) is 7.96. The van der Waals surface area contributed by atoms with Gasteiger partial charge in [-0.05, 0) is 23.8 Å². The van der Waals surface area contributed by atoms with E-state index in [4.69, 9.17) is 11.6 Å². The zero-order chi connectivity index (χ0) is 15.2. The van der Waals surface area contributed by atoms with Gasteiger partial charge in [0, 0.05) is 23.4 Å². The number of nitrogens with zero attached hydrogens (tertiary/aromatic N) is 1. The molecule has 5 heteroatoms. The third-order valence-corrected chi connectivity index (χ3v) is 3.61. The Bertz CT molecular complexity index is 621. The number of hydrogen-bond donors (Lipinski definition) is 0. The van der Waals surface area contributed by atoms with Gasteiger partial charge in [0.1, 0.15) is 5.82 Å². The first-order valence-electron chi connectivity index (χ1n) is 6.46. The van der Waals surface area contributed by atoms with Crippen molar-refractivity contribution in [2.45, 2.75) is 6.54 Å². The summed E-state index contributed by atoms with van der Waals surface area (Å²) in [5.74, 6) is -0.921. The van der Waals surface area contributed by atoms with Crippen LogP contribution in [0.5, 0.6) is 0 Å². The average molecular weight is 371 g/mol. The minimum absolute atomic E-state index is 0.000573. The number of carbonyl (C=O) groups is 1. The SMILES string of the molecule is O=C(c1cc(Cl)ccc1F)N(CCBr)Cc1ccccc1. The van der Waals surface area contributed by atoms with E-state index in [1.54, 1.807) is 4.90 Å². The summed E-state index contributed by atoms with van der Waals surface area (Å²) < 4.78 is 13.8. The number of benzene rings is 2. The topological polar surface area (TPSA) is 20.3 Å². The van der Waals surface area contributed by atoms with Crippen molar-refractivity contribution in [2.75, 3.05) is 11.9 Å². The Hall–Kier alpha value is -1.39. The van der Waals surface area contributed by atoms with E-state index in [0.29, 0.717) is 23.4 Å². The maximum Gasteiger partial charge on any atom is 0.257 e. The standard InChI is InChI=1S/C16H14BrClFNO/c17-8-9-20(11-12-4-2-1-3-5-12)16(21)14-10-13(18)6-7-15(14)19/h1-7,10H,8-9,11H2. The minimum Gasteiger partial charge on any atom is -0.333 e. The molecule has 110 valence electrons. The molecule has 2 aromatic rings. The molecule has 0 aliphatic carbocycles. The van der Waals surface area contributed by atoms with Crippen LogP contribution >= 0.6 is 27.5 Å². The summed E-state index contributed by atoms with van der Waals surface area (Å²) in [6.07, 6.45) is 0. The van der Waals surface area contributed by atoms with Crippen LogP contribution in [-0.4, -0.2) is 22.7 Å². The lowest BCUT2D eigenvalue weighted by Crippen LogP contribution is -2.32. The summed E-state index contributed by atoms with van der Waals surface area (Å²) in [6, 6.07) is 13.6. The molecule has 0 spiro atoms. The number of halogens is 3. The first-order chi connectivity index (χ1) is 10.1. The van der Waals surface area contributed by atoms with Crippen LogP contribution in [0.4, 0.5) is 4.39 Å². The fraction of sp³-hybridized carbons (Fsp3) is 0.188. The molecule has 0 aliphatic rings. The number of amides is 1. The molecule has 0 N–H and O–H groups in total. The lowest BCUT2D eigenvalue weighted by molar-refractivity contribution is 0.0750. The predicted molar refractivity (Wildman–Crippen MR) is 86.4 cm³/mol. The zero-order valence-corrected chi connectivity index (χ0v) is 13.6. The van der Waals surface area contributed by atoms with Crippen LogP contribution in [0.3, 0.4) is 0 Å². The second-order valence-corrected chi connectivity index (χ2v) is 5.75. The molecule has 0 aliphatic heterocycles. The molecule has 2 nitrogen and oxygen atoms in total. The largest absolute Gasteiger partial charge is 0.333 e. The maximum absolute atomic E-state index is 13.8. The van der Waals surface area contributed by atoms with Crippen molar-refractivity contribution in [2.24, 2.45) is 0 Å². The normalized spacial score (nSPS) is 10.4. The molecule has 0 unspecified atom stereocenters. The van der Waals surface area contributed by atoms with Gasteiger partial charge in [-0.1, -0.05) is 57.9 Å². The number of alkyl halides is 1. The summed E-state index contributed by atoms with van der Waals surface area (Å²) >= 11 is 9.18. The lowest BCUT2D eigenvalue weighted by Gasteiger charge is -2.22. The summed E-state index contributed by atoms with van der Waals surface area (Å²) in [6.45, 7) is 0.914. The van der Waals surface area contributed by atoms with Crippen LogP contribution in [0.25, 0.3) is 0 Å². The quantitative estimate of drug-likeness (QED) is 0.709. The predicted octanol–water partition coefficient (Wildman–Crippen LogP) is 4.52. The van der Waals surface area contributed by atoms with E-state index >= 15 is 0 Å². The molecule has 0 radical (unpaired) electrons. The highest BCUT2D eigenvalue weighted by molar-refractivity contribution is 9.09. The van der Waals surface area contributed by atoms with Crippen molar-refractivity contribution < 1.29 is 9.18 Å². The molecule has 2 rings (SSSR count). The Morgan fingerprint density at radius 1 is 1.19 bits per heavy atom. The maximum atomic E-state index is 13.8. The monoisotopic (exact) mass is 369 g/mol. The highest BCUT2D eigenvalue weighted by Crippen LogP contribution is 2.18. The molecule has 21 heavy (non-hydrogen) atoms. The van der Waals surface area contributed by atoms with Crippen LogP contribution in [-0.2, 0) is 6.54 Å². The molecule has 2 aromatic carbocycles. The Balaban J connectivity index is 2.25. The molecule has 0 fully saturated rings. The Morgan fingerprint density at radius 3 is 2.57 bits per heavy atom. The van der Waals surface area contributed by atoms with Crippen LogP contribution in [0, 0.1) is 5.82 Å². The van der Waals surface area contributed by atoms with Crippen molar-refractivity contribution in [3.05, 3.63) is 70.5 Å². The number of rotatable bonds is 5. The van der Waals surface area contributed by atoms with Crippen molar-refractivity contribution in [1.29, 1.82) is 0 Å². The molecule has 0 saturated carbocycles. The van der Waals surface area contributed by atoms with E-state index in [1.807, 2.05) is 30.3 Å². The molecule has 0 atom stereocenters. The van der Waals surface area contributed by atoms with Crippen LogP contribution < -0.4 is 0 Å². The van der Waals surface area contributed by atoms with E-state index in [-0.39, 0.29) is 11.5 Å². The van der Waals surface area contributed by atoms with Gasteiger partial charge in [-0.2, -0.15) is 0 Å². The van der Waals surface area contributed by atoms with Gasteiger partial charge in [0.25, 0.3) is 5.91 Å². The van der Waals surface area contributed by atoms with Crippen molar-refractivity contribution in [3.63, 3.8) is 0 Å². The third kappa shape index (κ3) is 4.29. The van der Waals surface area contributed by atoms with E-state index in [0.717, 1.165) is 5.56 Å². The zero-order valence-electron chi connectivity index (χ0n) is 11.2. The molecule has 0 bridgehead atoms. The highest BCUT2D eigenvalue weighted by Gasteiger charge is 2.19. The fourth-order valence-corrected chi connectivity index (χ4v) is 2.59. The minimum atomic E-state index is -0.558.